The van der Waals surface area contributed by atoms with Gasteiger partial charge >= 0.3 is 0 Å². The number of rotatable bonds is 5. The first kappa shape index (κ1) is 16.2. The molecule has 3 rings (SSSR count). The summed E-state index contributed by atoms with van der Waals surface area (Å²) in [4.78, 5) is 22.6. The number of nitrogens with zero attached hydrogens (tertiary/aromatic N) is 3. The minimum absolute atomic E-state index is 0.0295. The molecule has 0 aromatic carbocycles. The van der Waals surface area contributed by atoms with Gasteiger partial charge in [0.25, 0.3) is 0 Å². The Morgan fingerprint density at radius 3 is 2.57 bits per heavy atom. The van der Waals surface area contributed by atoms with Crippen LogP contribution in [0.4, 0.5) is 5.95 Å². The minimum Gasteiger partial charge on any atom is -0.389 e. The van der Waals surface area contributed by atoms with E-state index in [1.165, 1.54) is 32.1 Å². The molecule has 6 heteroatoms. The second kappa shape index (κ2) is 7.25. The molecule has 23 heavy (non-hydrogen) atoms. The van der Waals surface area contributed by atoms with E-state index in [1.807, 2.05) is 6.92 Å². The summed E-state index contributed by atoms with van der Waals surface area (Å²) < 4.78 is 0. The Bertz CT molecular complexity index is 522. The fraction of sp³-hybridized carbons (Fsp3) is 0.706. The van der Waals surface area contributed by atoms with Gasteiger partial charge in [-0.3, -0.25) is 4.79 Å². The van der Waals surface area contributed by atoms with Crippen LogP contribution in [0, 0.1) is 5.92 Å². The van der Waals surface area contributed by atoms with Crippen LogP contribution in [0.2, 0.25) is 0 Å². The van der Waals surface area contributed by atoms with E-state index in [0.29, 0.717) is 19.0 Å². The van der Waals surface area contributed by atoms with E-state index in [0.717, 1.165) is 18.0 Å². The van der Waals surface area contributed by atoms with Crippen LogP contribution in [0.5, 0.6) is 0 Å². The number of amides is 1. The highest BCUT2D eigenvalue weighted by Gasteiger charge is 2.32. The van der Waals surface area contributed by atoms with Crippen LogP contribution >= 0.6 is 0 Å². The largest absolute Gasteiger partial charge is 0.389 e. The summed E-state index contributed by atoms with van der Waals surface area (Å²) in [6.45, 7) is 3.66. The summed E-state index contributed by atoms with van der Waals surface area (Å²) in [5.41, 5.74) is 0.819. The number of carbonyl (C=O) groups excluding carboxylic acids is 1. The third-order valence-corrected chi connectivity index (χ3v) is 4.99. The van der Waals surface area contributed by atoms with Crippen LogP contribution in [0.15, 0.2) is 12.4 Å². The molecule has 1 saturated carbocycles. The molecule has 1 amide bonds. The molecule has 2 aliphatic rings. The van der Waals surface area contributed by atoms with Crippen molar-refractivity contribution in [3.05, 3.63) is 18.0 Å². The lowest BCUT2D eigenvalue weighted by Gasteiger charge is -2.37. The maximum absolute atomic E-state index is 12.2. The summed E-state index contributed by atoms with van der Waals surface area (Å²) in [7, 11) is 0. The average molecular weight is 318 g/mol. The zero-order chi connectivity index (χ0) is 16.2. The second-order valence-electron chi connectivity index (χ2n) is 6.84. The zero-order valence-electron chi connectivity index (χ0n) is 13.7. The molecule has 2 fully saturated rings. The van der Waals surface area contributed by atoms with Crippen molar-refractivity contribution in [2.75, 3.05) is 25.0 Å². The topological polar surface area (TPSA) is 78.4 Å². The molecule has 1 unspecified atom stereocenters. The molecule has 2 N–H and O–H groups in total. The average Bonchev–Trinajstić information content (AvgIpc) is 2.57. The van der Waals surface area contributed by atoms with Crippen LogP contribution in [0.25, 0.3) is 0 Å². The van der Waals surface area contributed by atoms with E-state index < -0.39 is 0 Å². The van der Waals surface area contributed by atoms with Gasteiger partial charge in [-0.15, -0.1) is 0 Å². The maximum atomic E-state index is 12.2. The van der Waals surface area contributed by atoms with Crippen molar-refractivity contribution in [3.63, 3.8) is 0 Å². The smallest absolute Gasteiger partial charge is 0.230 e. The number of hydrogen-bond acceptors (Lipinski definition) is 5. The fourth-order valence-electron chi connectivity index (χ4n) is 3.33. The quantitative estimate of drug-likeness (QED) is 0.865. The Morgan fingerprint density at radius 1 is 1.30 bits per heavy atom. The Hall–Kier alpha value is -1.69. The lowest BCUT2D eigenvalue weighted by atomic mass is 9.89. The van der Waals surface area contributed by atoms with Gasteiger partial charge in [0.15, 0.2) is 0 Å². The third kappa shape index (κ3) is 3.99. The Labute approximate surface area is 137 Å². The van der Waals surface area contributed by atoms with E-state index in [-0.39, 0.29) is 17.9 Å². The molecular formula is C17H26N4O2. The van der Waals surface area contributed by atoms with Gasteiger partial charge in [-0.25, -0.2) is 9.97 Å². The molecule has 1 aromatic heterocycles. The van der Waals surface area contributed by atoms with Gasteiger partial charge in [0.1, 0.15) is 0 Å². The normalized spacial score (nSPS) is 20.9. The number of aliphatic hydroxyl groups is 1. The third-order valence-electron chi connectivity index (χ3n) is 4.99. The van der Waals surface area contributed by atoms with Crippen LogP contribution < -0.4 is 5.32 Å². The number of anilines is 1. The molecule has 1 aromatic rings. The van der Waals surface area contributed by atoms with E-state index in [9.17, 15) is 9.90 Å². The standard InChI is InChI=1S/C17H26N4O2/c1-12(16(23)21-10-15(22)11-21)14-8-19-17(20-9-14)18-7-13-5-3-2-4-6-13/h8-9,12-13,15,22H,2-7,10-11H2,1H3,(H,18,19,20). The van der Waals surface area contributed by atoms with Crippen molar-refractivity contribution >= 4 is 11.9 Å². The van der Waals surface area contributed by atoms with Gasteiger partial charge in [0.2, 0.25) is 11.9 Å². The monoisotopic (exact) mass is 318 g/mol. The van der Waals surface area contributed by atoms with Gasteiger partial charge in [0.05, 0.1) is 12.0 Å². The molecule has 1 aliphatic heterocycles. The highest BCUT2D eigenvalue weighted by atomic mass is 16.3. The van der Waals surface area contributed by atoms with Gasteiger partial charge in [-0.1, -0.05) is 19.3 Å². The molecule has 0 radical (unpaired) electrons. The number of likely N-dealkylation sites (tertiary alicyclic amines) is 1. The molecule has 0 spiro atoms. The van der Waals surface area contributed by atoms with Crippen molar-refractivity contribution in [1.29, 1.82) is 0 Å². The molecule has 1 aliphatic carbocycles. The van der Waals surface area contributed by atoms with Crippen LogP contribution in [-0.2, 0) is 4.79 Å². The molecule has 1 atom stereocenters. The second-order valence-corrected chi connectivity index (χ2v) is 6.84. The predicted octanol–water partition coefficient (Wildman–Crippen LogP) is 1.78. The highest BCUT2D eigenvalue weighted by Crippen LogP contribution is 2.24. The Morgan fingerprint density at radius 2 is 1.96 bits per heavy atom. The van der Waals surface area contributed by atoms with Crippen LogP contribution in [0.1, 0.15) is 50.5 Å². The molecule has 6 nitrogen and oxygen atoms in total. The molecule has 0 bridgehead atoms. The van der Waals surface area contributed by atoms with Gasteiger partial charge in [-0.2, -0.15) is 0 Å². The number of carbonyl (C=O) groups is 1. The van der Waals surface area contributed by atoms with Crippen LogP contribution in [0.3, 0.4) is 0 Å². The van der Waals surface area contributed by atoms with Crippen molar-refractivity contribution in [3.8, 4) is 0 Å². The van der Waals surface area contributed by atoms with E-state index >= 15 is 0 Å². The van der Waals surface area contributed by atoms with Crippen LogP contribution in [-0.4, -0.2) is 51.6 Å². The van der Waals surface area contributed by atoms with Crippen molar-refractivity contribution in [2.45, 2.75) is 51.0 Å². The lowest BCUT2D eigenvalue weighted by molar-refractivity contribution is -0.142. The number of aromatic nitrogens is 2. The molecule has 2 heterocycles. The summed E-state index contributed by atoms with van der Waals surface area (Å²) in [6, 6.07) is 0. The van der Waals surface area contributed by atoms with Gasteiger partial charge < -0.3 is 15.3 Å². The maximum Gasteiger partial charge on any atom is 0.230 e. The number of nitrogens with one attached hydrogen (secondary N) is 1. The predicted molar refractivity (Wildman–Crippen MR) is 88.1 cm³/mol. The summed E-state index contributed by atoms with van der Waals surface area (Å²) in [5, 5.41) is 12.6. The highest BCUT2D eigenvalue weighted by molar-refractivity contribution is 5.83. The van der Waals surface area contributed by atoms with Gasteiger partial charge in [-0.05, 0) is 25.7 Å². The molecule has 126 valence electrons. The summed E-state index contributed by atoms with van der Waals surface area (Å²) in [6.07, 6.45) is 9.70. The summed E-state index contributed by atoms with van der Waals surface area (Å²) >= 11 is 0. The first-order valence-electron chi connectivity index (χ1n) is 8.66. The van der Waals surface area contributed by atoms with Crippen molar-refractivity contribution in [2.24, 2.45) is 5.92 Å². The SMILES string of the molecule is CC(C(=O)N1CC(O)C1)c1cnc(NCC2CCCCC2)nc1. The van der Waals surface area contributed by atoms with E-state index in [1.54, 1.807) is 17.3 Å². The Kier molecular flexibility index (Phi) is 5.10. The Balaban J connectivity index is 1.50. The minimum atomic E-state index is -0.367. The fourth-order valence-corrected chi connectivity index (χ4v) is 3.33. The molecular weight excluding hydrogens is 292 g/mol. The van der Waals surface area contributed by atoms with Crippen molar-refractivity contribution < 1.29 is 9.90 Å². The number of β-amino-alcohol motifs (C(OH)–C–C–N with tert-alkyl or cyclic N) is 1. The van der Waals surface area contributed by atoms with E-state index in [4.69, 9.17) is 0 Å². The number of hydrogen-bond donors (Lipinski definition) is 2. The van der Waals surface area contributed by atoms with Crippen molar-refractivity contribution in [1.82, 2.24) is 14.9 Å². The lowest BCUT2D eigenvalue weighted by Crippen LogP contribution is -2.54. The zero-order valence-corrected chi connectivity index (χ0v) is 13.7. The summed E-state index contributed by atoms with van der Waals surface area (Å²) in [5.74, 6) is 1.13. The van der Waals surface area contributed by atoms with Gasteiger partial charge in [0, 0.05) is 37.6 Å². The van der Waals surface area contributed by atoms with E-state index in [2.05, 4.69) is 15.3 Å². The first-order chi connectivity index (χ1) is 11.1. The first-order valence-corrected chi connectivity index (χ1v) is 8.66. The number of aliphatic hydroxyl groups excluding tert-OH is 1. The molecule has 1 saturated heterocycles.